The van der Waals surface area contributed by atoms with E-state index in [1.807, 2.05) is 0 Å². The summed E-state index contributed by atoms with van der Waals surface area (Å²) in [7, 11) is 4.13. The molecule has 154 valence electrons. The monoisotopic (exact) mass is 618 g/mol. The predicted molar refractivity (Wildman–Crippen MR) is 154 cm³/mol. The van der Waals surface area contributed by atoms with E-state index in [1.165, 1.54) is 21.2 Å². The second kappa shape index (κ2) is 11.2. The molecule has 7 heteroatoms. The molecule has 0 aliphatic heterocycles. The van der Waals surface area contributed by atoms with Gasteiger partial charge >= 0.3 is 212 Å². The van der Waals surface area contributed by atoms with Crippen molar-refractivity contribution in [1.29, 1.82) is 0 Å². The topological polar surface area (TPSA) is 0 Å². The average Bonchev–Trinajstić information content (AvgIpc) is 2.86. The van der Waals surface area contributed by atoms with Gasteiger partial charge < -0.3 is 0 Å². The van der Waals surface area contributed by atoms with Crippen molar-refractivity contribution < 1.29 is 0 Å². The molecular formula is C24H20P2S4Sn. The van der Waals surface area contributed by atoms with Crippen molar-refractivity contribution in [3.8, 4) is 0 Å². The molecule has 0 aliphatic rings. The van der Waals surface area contributed by atoms with Crippen LogP contribution in [0.1, 0.15) is 0 Å². The zero-order valence-corrected chi connectivity index (χ0v) is 24.5. The van der Waals surface area contributed by atoms with E-state index in [4.69, 9.17) is 23.6 Å². The average molecular weight is 617 g/mol. The number of hydrogen-bond acceptors (Lipinski definition) is 4. The molecule has 0 N–H and O–H groups in total. The van der Waals surface area contributed by atoms with Crippen molar-refractivity contribution >= 4 is 90.8 Å². The van der Waals surface area contributed by atoms with Gasteiger partial charge in [-0.2, -0.15) is 0 Å². The third-order valence-corrected chi connectivity index (χ3v) is 51.4. The normalized spacial score (nSPS) is 11.9. The summed E-state index contributed by atoms with van der Waals surface area (Å²) in [6, 6.07) is 42.8. The SMILES string of the molecule is S=P([S][Sn][S]P(=S)(c1ccccc1)c1ccccc1)(c1ccccc1)c1ccccc1. The van der Waals surface area contributed by atoms with Crippen LogP contribution in [0.3, 0.4) is 0 Å². The second-order valence-corrected chi connectivity index (χ2v) is 34.7. The fraction of sp³-hybridized carbons (Fsp3) is 0. The molecule has 0 spiro atoms. The first-order chi connectivity index (χ1) is 15.1. The van der Waals surface area contributed by atoms with Crippen LogP contribution in [-0.4, -0.2) is 18.4 Å². The molecule has 0 unspecified atom stereocenters. The Balaban J connectivity index is 1.66. The molecule has 0 nitrogen and oxygen atoms in total. The van der Waals surface area contributed by atoms with Gasteiger partial charge in [0, 0.05) is 0 Å². The molecule has 0 saturated heterocycles. The Labute approximate surface area is 210 Å². The Hall–Kier alpha value is -0.321. The van der Waals surface area contributed by atoms with Gasteiger partial charge in [0.25, 0.3) is 0 Å². The van der Waals surface area contributed by atoms with Gasteiger partial charge in [-0.15, -0.1) is 0 Å². The molecule has 0 aromatic heterocycles. The summed E-state index contributed by atoms with van der Waals surface area (Å²) in [5.41, 5.74) is 0. The van der Waals surface area contributed by atoms with Crippen LogP contribution in [0, 0.1) is 0 Å². The van der Waals surface area contributed by atoms with Crippen LogP contribution in [0.15, 0.2) is 121 Å². The summed E-state index contributed by atoms with van der Waals surface area (Å²) in [6.45, 7) is 0. The molecule has 0 aliphatic carbocycles. The Morgan fingerprint density at radius 2 is 0.645 bits per heavy atom. The summed E-state index contributed by atoms with van der Waals surface area (Å²) in [5.74, 6) is 0. The summed E-state index contributed by atoms with van der Waals surface area (Å²) in [6.07, 6.45) is 0. The van der Waals surface area contributed by atoms with Crippen molar-refractivity contribution in [2.45, 2.75) is 0 Å². The first-order valence-corrected chi connectivity index (χ1v) is 25.1. The van der Waals surface area contributed by atoms with Crippen molar-refractivity contribution in [1.82, 2.24) is 0 Å². The van der Waals surface area contributed by atoms with Gasteiger partial charge in [-0.1, -0.05) is 0 Å². The van der Waals surface area contributed by atoms with Crippen molar-refractivity contribution in [3.05, 3.63) is 121 Å². The van der Waals surface area contributed by atoms with E-state index in [0.29, 0.717) is 0 Å². The molecule has 0 amide bonds. The quantitative estimate of drug-likeness (QED) is 0.174. The van der Waals surface area contributed by atoms with Crippen LogP contribution in [0.4, 0.5) is 0 Å². The number of rotatable bonds is 8. The first kappa shape index (κ1) is 23.8. The van der Waals surface area contributed by atoms with E-state index in [-0.39, 0.29) is 0 Å². The van der Waals surface area contributed by atoms with Crippen LogP contribution >= 0.6 is 27.6 Å². The Bertz CT molecular complexity index is 1020. The minimum absolute atomic E-state index is 0.987. The molecule has 4 rings (SSSR count). The molecule has 2 radical (unpaired) electrons. The maximum atomic E-state index is 6.44. The third kappa shape index (κ3) is 5.61. The molecule has 0 saturated carbocycles. The van der Waals surface area contributed by atoms with Gasteiger partial charge in [-0.05, 0) is 0 Å². The van der Waals surface area contributed by atoms with Crippen LogP contribution in [0.2, 0.25) is 0 Å². The van der Waals surface area contributed by atoms with Crippen molar-refractivity contribution in [2.24, 2.45) is 0 Å². The summed E-state index contributed by atoms with van der Waals surface area (Å²) < 4.78 is 0. The van der Waals surface area contributed by atoms with E-state index in [2.05, 4.69) is 138 Å². The van der Waals surface area contributed by atoms with Gasteiger partial charge in [0.1, 0.15) is 0 Å². The molecule has 0 atom stereocenters. The zero-order valence-electron chi connectivity index (χ0n) is 16.6. The van der Waals surface area contributed by atoms with E-state index < -0.39 is 28.9 Å². The zero-order chi connectivity index (χ0) is 21.6. The fourth-order valence-electron chi connectivity index (χ4n) is 3.13. The Kier molecular flexibility index (Phi) is 8.61. The molecule has 4 aromatic carbocycles. The molecule has 31 heavy (non-hydrogen) atoms. The summed E-state index contributed by atoms with van der Waals surface area (Å²) in [4.78, 5) is 0. The Morgan fingerprint density at radius 1 is 0.419 bits per heavy atom. The van der Waals surface area contributed by atoms with Gasteiger partial charge in [0.15, 0.2) is 0 Å². The van der Waals surface area contributed by atoms with E-state index in [9.17, 15) is 0 Å². The summed E-state index contributed by atoms with van der Waals surface area (Å²) in [5, 5.41) is 1.32. The van der Waals surface area contributed by atoms with Crippen molar-refractivity contribution in [2.75, 3.05) is 0 Å². The molecule has 4 aromatic rings. The number of benzene rings is 4. The van der Waals surface area contributed by atoms with Gasteiger partial charge in [-0.25, -0.2) is 0 Å². The van der Waals surface area contributed by atoms with Crippen LogP contribution in [0.5, 0.6) is 0 Å². The number of hydrogen-bond donors (Lipinski definition) is 0. The van der Waals surface area contributed by atoms with Crippen LogP contribution < -0.4 is 21.2 Å². The minimum atomic E-state index is -1.92. The van der Waals surface area contributed by atoms with Gasteiger partial charge in [0.05, 0.1) is 0 Å². The molecule has 0 heterocycles. The van der Waals surface area contributed by atoms with Crippen LogP contribution in [-0.2, 0) is 23.6 Å². The van der Waals surface area contributed by atoms with E-state index in [1.54, 1.807) is 0 Å². The van der Waals surface area contributed by atoms with E-state index in [0.717, 1.165) is 0 Å². The molecular weight excluding hydrogens is 597 g/mol. The first-order valence-electron chi connectivity index (χ1n) is 9.68. The van der Waals surface area contributed by atoms with E-state index >= 15 is 0 Å². The standard InChI is InChI=1S/2C12H11PS2.Sn/c2*14-13(15,11-7-3-1-4-8-11)12-9-5-2-6-10-12;/h2*1-10H,(H,14,15);/q;;+2/p-2. The van der Waals surface area contributed by atoms with Gasteiger partial charge in [0.2, 0.25) is 0 Å². The Morgan fingerprint density at radius 3 is 0.871 bits per heavy atom. The van der Waals surface area contributed by atoms with Gasteiger partial charge in [-0.3, -0.25) is 0 Å². The predicted octanol–water partition coefficient (Wildman–Crippen LogP) is 6.08. The van der Waals surface area contributed by atoms with Crippen molar-refractivity contribution in [3.63, 3.8) is 0 Å². The fourth-order valence-corrected chi connectivity index (χ4v) is 60.4. The maximum absolute atomic E-state index is 6.44. The van der Waals surface area contributed by atoms with Crippen LogP contribution in [0.25, 0.3) is 0 Å². The summed E-state index contributed by atoms with van der Waals surface area (Å²) >= 11 is 11.9. The molecule has 0 fully saturated rings. The second-order valence-electron chi connectivity index (χ2n) is 6.71. The third-order valence-electron chi connectivity index (χ3n) is 4.72. The molecule has 0 bridgehead atoms.